The third-order valence-electron chi connectivity index (χ3n) is 6.43. The molecule has 2 amide bonds. The zero-order chi connectivity index (χ0) is 23.7. The number of anilines is 1. The Labute approximate surface area is 195 Å². The number of carbonyl (C=O) groups is 3. The fourth-order valence-corrected chi connectivity index (χ4v) is 4.91. The van der Waals surface area contributed by atoms with E-state index in [2.05, 4.69) is 27.6 Å². The summed E-state index contributed by atoms with van der Waals surface area (Å²) in [6.45, 7) is 0.658. The van der Waals surface area contributed by atoms with Crippen molar-refractivity contribution in [3.05, 3.63) is 71.4 Å². The highest BCUT2D eigenvalue weighted by atomic mass is 16.5. The van der Waals surface area contributed by atoms with Crippen molar-refractivity contribution in [2.24, 2.45) is 0 Å². The SMILES string of the molecule is O=C(O)C[C@H]1CCCN1C(=O)c1cc(NC(=O)OCC2c3ccccc3-c3ccccc32)n[nH]1. The van der Waals surface area contributed by atoms with E-state index < -0.39 is 12.1 Å². The number of carbonyl (C=O) groups excluding carboxylic acids is 2. The van der Waals surface area contributed by atoms with Gasteiger partial charge in [-0.25, -0.2) is 4.79 Å². The number of H-pyrrole nitrogens is 1. The molecule has 0 saturated carbocycles. The number of amides is 2. The summed E-state index contributed by atoms with van der Waals surface area (Å²) in [5.41, 5.74) is 4.71. The maximum atomic E-state index is 12.8. The number of fused-ring (bicyclic) bond motifs is 3. The van der Waals surface area contributed by atoms with Crippen molar-refractivity contribution in [2.75, 3.05) is 18.5 Å². The van der Waals surface area contributed by atoms with Gasteiger partial charge in [0.15, 0.2) is 5.82 Å². The van der Waals surface area contributed by atoms with E-state index >= 15 is 0 Å². The molecule has 3 N–H and O–H groups in total. The molecular formula is C25H24N4O5. The molecule has 1 aliphatic heterocycles. The predicted octanol–water partition coefficient (Wildman–Crippen LogP) is 3.85. The second-order valence-electron chi connectivity index (χ2n) is 8.51. The monoisotopic (exact) mass is 460 g/mol. The summed E-state index contributed by atoms with van der Waals surface area (Å²) in [5, 5.41) is 18.2. The molecule has 174 valence electrons. The van der Waals surface area contributed by atoms with Crippen LogP contribution in [0.1, 0.15) is 46.8 Å². The number of nitrogens with zero attached hydrogens (tertiary/aromatic N) is 2. The Hall–Kier alpha value is -4.14. The summed E-state index contributed by atoms with van der Waals surface area (Å²) in [6, 6.07) is 17.2. The van der Waals surface area contributed by atoms with E-state index in [9.17, 15) is 14.4 Å². The van der Waals surface area contributed by atoms with Gasteiger partial charge in [0, 0.05) is 24.6 Å². The predicted molar refractivity (Wildman–Crippen MR) is 124 cm³/mol. The molecule has 0 radical (unpaired) electrons. The molecule has 1 aliphatic carbocycles. The summed E-state index contributed by atoms with van der Waals surface area (Å²) < 4.78 is 5.51. The Morgan fingerprint density at radius 1 is 1.09 bits per heavy atom. The molecule has 2 aliphatic rings. The quantitative estimate of drug-likeness (QED) is 0.513. The Morgan fingerprint density at radius 3 is 2.44 bits per heavy atom. The molecule has 9 heteroatoms. The number of nitrogens with one attached hydrogen (secondary N) is 2. The highest BCUT2D eigenvalue weighted by Crippen LogP contribution is 2.44. The van der Waals surface area contributed by atoms with Gasteiger partial charge in [-0.2, -0.15) is 5.10 Å². The first-order valence-corrected chi connectivity index (χ1v) is 11.2. The number of rotatable bonds is 6. The van der Waals surface area contributed by atoms with Crippen LogP contribution in [0.15, 0.2) is 54.6 Å². The van der Waals surface area contributed by atoms with Crippen LogP contribution in [0.4, 0.5) is 10.6 Å². The van der Waals surface area contributed by atoms with E-state index in [0.29, 0.717) is 13.0 Å². The minimum absolute atomic E-state index is 0.0594. The first-order valence-electron chi connectivity index (χ1n) is 11.2. The minimum Gasteiger partial charge on any atom is -0.481 e. The van der Waals surface area contributed by atoms with Crippen LogP contribution < -0.4 is 5.32 Å². The van der Waals surface area contributed by atoms with Crippen molar-refractivity contribution in [3.63, 3.8) is 0 Å². The van der Waals surface area contributed by atoms with Gasteiger partial charge in [0.1, 0.15) is 12.3 Å². The molecule has 0 unspecified atom stereocenters. The van der Waals surface area contributed by atoms with Crippen molar-refractivity contribution >= 4 is 23.8 Å². The van der Waals surface area contributed by atoms with Gasteiger partial charge in [-0.3, -0.25) is 20.0 Å². The van der Waals surface area contributed by atoms with Gasteiger partial charge in [-0.1, -0.05) is 48.5 Å². The van der Waals surface area contributed by atoms with Crippen molar-refractivity contribution in [1.82, 2.24) is 15.1 Å². The molecular weight excluding hydrogens is 436 g/mol. The molecule has 1 atom stereocenters. The van der Waals surface area contributed by atoms with Gasteiger partial charge in [0.25, 0.3) is 5.91 Å². The molecule has 9 nitrogen and oxygen atoms in total. The second kappa shape index (κ2) is 9.01. The molecule has 1 saturated heterocycles. The van der Waals surface area contributed by atoms with Crippen molar-refractivity contribution < 1.29 is 24.2 Å². The Morgan fingerprint density at radius 2 is 1.76 bits per heavy atom. The van der Waals surface area contributed by atoms with Gasteiger partial charge in [-0.05, 0) is 35.1 Å². The summed E-state index contributed by atoms with van der Waals surface area (Å²) in [5.74, 6) is -1.17. The van der Waals surface area contributed by atoms with E-state index in [1.54, 1.807) is 4.90 Å². The van der Waals surface area contributed by atoms with E-state index in [-0.39, 0.29) is 42.4 Å². The fourth-order valence-electron chi connectivity index (χ4n) is 4.91. The molecule has 1 fully saturated rings. The lowest BCUT2D eigenvalue weighted by Gasteiger charge is -2.22. The van der Waals surface area contributed by atoms with Gasteiger partial charge in [-0.15, -0.1) is 0 Å². The van der Waals surface area contributed by atoms with Crippen LogP contribution in [0, 0.1) is 0 Å². The van der Waals surface area contributed by atoms with E-state index in [4.69, 9.17) is 9.84 Å². The first kappa shape index (κ1) is 21.7. The zero-order valence-corrected chi connectivity index (χ0v) is 18.4. The van der Waals surface area contributed by atoms with Crippen LogP contribution in [0.3, 0.4) is 0 Å². The number of ether oxygens (including phenoxy) is 1. The number of carboxylic acid groups (broad SMARTS) is 1. The van der Waals surface area contributed by atoms with Crippen LogP contribution in [0.2, 0.25) is 0 Å². The first-order chi connectivity index (χ1) is 16.5. The minimum atomic E-state index is -0.938. The summed E-state index contributed by atoms with van der Waals surface area (Å²) in [7, 11) is 0. The Balaban J connectivity index is 1.21. The van der Waals surface area contributed by atoms with Crippen molar-refractivity contribution in [1.29, 1.82) is 0 Å². The number of hydrogen-bond donors (Lipinski definition) is 3. The maximum absolute atomic E-state index is 12.8. The normalized spacial score (nSPS) is 16.7. The molecule has 1 aromatic heterocycles. The fraction of sp³-hybridized carbons (Fsp3) is 0.280. The molecule has 0 bridgehead atoms. The van der Waals surface area contributed by atoms with Crippen LogP contribution >= 0.6 is 0 Å². The maximum Gasteiger partial charge on any atom is 0.412 e. The molecule has 34 heavy (non-hydrogen) atoms. The highest BCUT2D eigenvalue weighted by Gasteiger charge is 2.32. The highest BCUT2D eigenvalue weighted by molar-refractivity contribution is 5.95. The molecule has 3 aromatic rings. The van der Waals surface area contributed by atoms with E-state index in [0.717, 1.165) is 28.7 Å². The van der Waals surface area contributed by atoms with E-state index in [1.165, 1.54) is 6.07 Å². The number of aromatic nitrogens is 2. The van der Waals surface area contributed by atoms with E-state index in [1.807, 2.05) is 36.4 Å². The van der Waals surface area contributed by atoms with Gasteiger partial charge < -0.3 is 14.7 Å². The van der Waals surface area contributed by atoms with Gasteiger partial charge in [0.05, 0.1) is 6.42 Å². The number of likely N-dealkylation sites (tertiary alicyclic amines) is 1. The van der Waals surface area contributed by atoms with Gasteiger partial charge >= 0.3 is 12.1 Å². The van der Waals surface area contributed by atoms with Crippen LogP contribution in [0.5, 0.6) is 0 Å². The van der Waals surface area contributed by atoms with Crippen LogP contribution in [0.25, 0.3) is 11.1 Å². The summed E-state index contributed by atoms with van der Waals surface area (Å²) >= 11 is 0. The van der Waals surface area contributed by atoms with Crippen LogP contribution in [-0.2, 0) is 9.53 Å². The summed E-state index contributed by atoms with van der Waals surface area (Å²) in [4.78, 5) is 37.8. The van der Waals surface area contributed by atoms with Crippen molar-refractivity contribution in [3.8, 4) is 11.1 Å². The number of carboxylic acids is 1. The van der Waals surface area contributed by atoms with Crippen LogP contribution in [-0.4, -0.2) is 57.4 Å². The summed E-state index contributed by atoms with van der Waals surface area (Å²) in [6.07, 6.45) is 0.641. The largest absolute Gasteiger partial charge is 0.481 e. The second-order valence-corrected chi connectivity index (χ2v) is 8.51. The molecule has 2 aromatic carbocycles. The standard InChI is InChI=1S/C25H24N4O5/c30-23(31)12-15-6-5-11-29(15)24(32)21-13-22(28-27-21)26-25(33)34-14-20-18-9-3-1-7-16(18)17-8-2-4-10-19(17)20/h1-4,7-10,13,15,20H,5-6,11-12,14H2,(H,30,31)(H2,26,27,28,33)/t15-/m1/s1. The number of aliphatic carboxylic acids is 1. The third kappa shape index (κ3) is 4.12. The lowest BCUT2D eigenvalue weighted by Crippen LogP contribution is -2.37. The molecule has 2 heterocycles. The van der Waals surface area contributed by atoms with Gasteiger partial charge in [0.2, 0.25) is 0 Å². The topological polar surface area (TPSA) is 125 Å². The average molecular weight is 460 g/mol. The Bertz CT molecular complexity index is 1210. The Kier molecular flexibility index (Phi) is 5.75. The average Bonchev–Trinajstić information content (AvgIpc) is 3.55. The number of benzene rings is 2. The smallest absolute Gasteiger partial charge is 0.412 e. The lowest BCUT2D eigenvalue weighted by molar-refractivity contribution is -0.137. The zero-order valence-electron chi connectivity index (χ0n) is 18.4. The third-order valence-corrected chi connectivity index (χ3v) is 6.43. The number of aromatic amines is 1. The number of hydrogen-bond acceptors (Lipinski definition) is 5. The molecule has 0 spiro atoms. The van der Waals surface area contributed by atoms with Crippen molar-refractivity contribution in [2.45, 2.75) is 31.2 Å². The lowest BCUT2D eigenvalue weighted by atomic mass is 9.98. The molecule has 5 rings (SSSR count).